The van der Waals surface area contributed by atoms with Crippen LogP contribution in [0.15, 0.2) is 83.1 Å². The molecule has 0 radical (unpaired) electrons. The molecule has 0 bridgehead atoms. The number of nitrogens with zero attached hydrogens (tertiary/aromatic N) is 1. The Morgan fingerprint density at radius 2 is 1.84 bits per heavy atom. The van der Waals surface area contributed by atoms with E-state index in [1.54, 1.807) is 24.3 Å². The lowest BCUT2D eigenvalue weighted by atomic mass is 9.98. The molecule has 2 aromatic heterocycles. The largest absolute Gasteiger partial charge is 0.507 e. The zero-order chi connectivity index (χ0) is 22.2. The summed E-state index contributed by atoms with van der Waals surface area (Å²) in [6.07, 6.45) is 3.98. The highest BCUT2D eigenvalue weighted by molar-refractivity contribution is 6.46. The summed E-state index contributed by atoms with van der Waals surface area (Å²) < 4.78 is 5.59. The number of hydrogen-bond acceptors (Lipinski definition) is 4. The molecular weight excluding hydrogens is 404 g/mol. The molecule has 160 valence electrons. The number of aromatic amines is 1. The Labute approximate surface area is 184 Å². The van der Waals surface area contributed by atoms with Gasteiger partial charge in [0.2, 0.25) is 0 Å². The van der Waals surface area contributed by atoms with Crippen LogP contribution < -0.4 is 0 Å². The lowest BCUT2D eigenvalue weighted by Crippen LogP contribution is -2.31. The van der Waals surface area contributed by atoms with E-state index in [1.807, 2.05) is 49.5 Å². The molecule has 1 saturated heterocycles. The van der Waals surface area contributed by atoms with Crippen molar-refractivity contribution in [1.82, 2.24) is 9.88 Å². The van der Waals surface area contributed by atoms with Gasteiger partial charge >= 0.3 is 0 Å². The highest BCUT2D eigenvalue weighted by atomic mass is 16.3. The summed E-state index contributed by atoms with van der Waals surface area (Å²) >= 11 is 0. The van der Waals surface area contributed by atoms with Crippen LogP contribution in [-0.4, -0.2) is 33.2 Å². The van der Waals surface area contributed by atoms with E-state index in [-0.39, 0.29) is 11.3 Å². The summed E-state index contributed by atoms with van der Waals surface area (Å²) in [5, 5.41) is 12.1. The molecule has 5 rings (SSSR count). The fourth-order valence-corrected chi connectivity index (χ4v) is 4.30. The van der Waals surface area contributed by atoms with E-state index in [2.05, 4.69) is 4.98 Å². The first-order valence-electron chi connectivity index (χ1n) is 10.5. The minimum atomic E-state index is -0.781. The van der Waals surface area contributed by atoms with Gasteiger partial charge in [-0.1, -0.05) is 48.0 Å². The number of carbonyl (C=O) groups excluding carboxylic acids is 2. The highest BCUT2D eigenvalue weighted by Gasteiger charge is 2.47. The van der Waals surface area contributed by atoms with Crippen molar-refractivity contribution in [2.24, 2.45) is 0 Å². The third kappa shape index (κ3) is 3.30. The molecule has 2 N–H and O–H groups in total. The number of hydrogen-bond donors (Lipinski definition) is 2. The Balaban J connectivity index is 1.53. The lowest BCUT2D eigenvalue weighted by molar-refractivity contribution is -0.140. The van der Waals surface area contributed by atoms with Crippen molar-refractivity contribution in [3.8, 4) is 0 Å². The Hall–Kier alpha value is -4.06. The second kappa shape index (κ2) is 7.89. The van der Waals surface area contributed by atoms with Crippen molar-refractivity contribution in [2.45, 2.75) is 19.4 Å². The van der Waals surface area contributed by atoms with Crippen molar-refractivity contribution in [3.63, 3.8) is 0 Å². The molecule has 1 aliphatic rings. The summed E-state index contributed by atoms with van der Waals surface area (Å²) in [5.41, 5.74) is 3.64. The molecule has 4 aromatic rings. The first-order chi connectivity index (χ1) is 15.5. The van der Waals surface area contributed by atoms with Crippen LogP contribution in [-0.2, 0) is 16.0 Å². The number of nitrogens with one attached hydrogen (secondary N) is 1. The SMILES string of the molecule is Cc1ccc(C(O)=C2C(=O)C(=O)N(CCc3c[nH]c4ccccc34)[C@@H]2c2ccco2)cc1. The second-order valence-corrected chi connectivity index (χ2v) is 7.98. The molecule has 3 heterocycles. The first-order valence-corrected chi connectivity index (χ1v) is 10.5. The average molecular weight is 426 g/mol. The average Bonchev–Trinajstić information content (AvgIpc) is 3.52. The van der Waals surface area contributed by atoms with Crippen LogP contribution in [0.5, 0.6) is 0 Å². The summed E-state index contributed by atoms with van der Waals surface area (Å²) in [7, 11) is 0. The van der Waals surface area contributed by atoms with Crippen molar-refractivity contribution in [3.05, 3.63) is 101 Å². The number of carbonyl (C=O) groups is 2. The topological polar surface area (TPSA) is 86.5 Å². The highest BCUT2D eigenvalue weighted by Crippen LogP contribution is 2.39. The van der Waals surface area contributed by atoms with Crippen LogP contribution >= 0.6 is 0 Å². The van der Waals surface area contributed by atoms with Gasteiger partial charge in [-0.15, -0.1) is 0 Å². The molecule has 0 saturated carbocycles. The predicted octanol–water partition coefficient (Wildman–Crippen LogP) is 4.73. The number of furan rings is 1. The fourth-order valence-electron chi connectivity index (χ4n) is 4.30. The number of aromatic nitrogens is 1. The van der Waals surface area contributed by atoms with Gasteiger partial charge in [0.05, 0.1) is 11.8 Å². The molecule has 2 aromatic carbocycles. The number of ketones is 1. The standard InChI is InChI=1S/C26H22N2O4/c1-16-8-10-17(11-9-16)24(29)22-23(21-7-4-14-32-21)28(26(31)25(22)30)13-12-18-15-27-20-6-3-2-5-19(18)20/h2-11,14-15,23,27,29H,12-13H2,1H3/t23-/m1/s1. The molecule has 1 aliphatic heterocycles. The number of aryl methyl sites for hydroxylation is 1. The number of rotatable bonds is 5. The van der Waals surface area contributed by atoms with Crippen LogP contribution in [0.2, 0.25) is 0 Å². The van der Waals surface area contributed by atoms with Crippen LogP contribution in [0, 0.1) is 6.92 Å². The predicted molar refractivity (Wildman–Crippen MR) is 121 cm³/mol. The minimum absolute atomic E-state index is 0.0488. The number of Topliss-reactive ketones (excluding diaryl/α,β-unsaturated/α-hetero) is 1. The van der Waals surface area contributed by atoms with E-state index in [1.165, 1.54) is 11.2 Å². The number of H-pyrrole nitrogens is 1. The number of aliphatic hydroxyl groups excluding tert-OH is 1. The second-order valence-electron chi connectivity index (χ2n) is 7.98. The molecule has 1 fully saturated rings. The third-order valence-corrected chi connectivity index (χ3v) is 5.97. The molecule has 6 heteroatoms. The Morgan fingerprint density at radius 3 is 2.59 bits per heavy atom. The van der Waals surface area contributed by atoms with E-state index in [0.717, 1.165) is 22.0 Å². The quantitative estimate of drug-likeness (QED) is 0.274. The fraction of sp³-hybridized carbons (Fsp3) is 0.154. The van der Waals surface area contributed by atoms with E-state index in [4.69, 9.17) is 4.42 Å². The van der Waals surface area contributed by atoms with Crippen LogP contribution in [0.1, 0.15) is 28.5 Å². The lowest BCUT2D eigenvalue weighted by Gasteiger charge is -2.23. The summed E-state index contributed by atoms with van der Waals surface area (Å²) in [6.45, 7) is 2.25. The summed E-state index contributed by atoms with van der Waals surface area (Å²) in [4.78, 5) is 30.8. The number of likely N-dealkylation sites (tertiary alicyclic amines) is 1. The summed E-state index contributed by atoms with van der Waals surface area (Å²) in [6, 6.07) is 17.8. The van der Waals surface area contributed by atoms with Crippen molar-refractivity contribution in [2.75, 3.05) is 6.54 Å². The Bertz CT molecular complexity index is 1330. The Morgan fingerprint density at radius 1 is 1.06 bits per heavy atom. The monoisotopic (exact) mass is 426 g/mol. The van der Waals surface area contributed by atoms with E-state index < -0.39 is 17.7 Å². The van der Waals surface area contributed by atoms with Gasteiger partial charge in [-0.3, -0.25) is 9.59 Å². The van der Waals surface area contributed by atoms with Gasteiger partial charge < -0.3 is 19.4 Å². The van der Waals surface area contributed by atoms with Gasteiger partial charge in [-0.05, 0) is 37.1 Å². The van der Waals surface area contributed by atoms with Crippen LogP contribution in [0.25, 0.3) is 16.7 Å². The van der Waals surface area contributed by atoms with E-state index >= 15 is 0 Å². The molecule has 0 aliphatic carbocycles. The van der Waals surface area contributed by atoms with Crippen molar-refractivity contribution in [1.29, 1.82) is 0 Å². The smallest absolute Gasteiger partial charge is 0.295 e. The molecular formula is C26H22N2O4. The molecule has 0 spiro atoms. The number of para-hydroxylation sites is 1. The van der Waals surface area contributed by atoms with Gasteiger partial charge in [0.15, 0.2) is 0 Å². The summed E-state index contributed by atoms with van der Waals surface area (Å²) in [5.74, 6) is -1.10. The maximum Gasteiger partial charge on any atom is 0.295 e. The maximum absolute atomic E-state index is 13.0. The van der Waals surface area contributed by atoms with Crippen LogP contribution in [0.3, 0.4) is 0 Å². The maximum atomic E-state index is 13.0. The van der Waals surface area contributed by atoms with Gasteiger partial charge in [-0.2, -0.15) is 0 Å². The molecule has 32 heavy (non-hydrogen) atoms. The van der Waals surface area contributed by atoms with Crippen LogP contribution in [0.4, 0.5) is 0 Å². The van der Waals surface area contributed by atoms with E-state index in [0.29, 0.717) is 24.3 Å². The van der Waals surface area contributed by atoms with E-state index in [9.17, 15) is 14.7 Å². The Kier molecular flexibility index (Phi) is 4.90. The van der Waals surface area contributed by atoms with Gasteiger partial charge in [0, 0.05) is 29.2 Å². The molecule has 1 atom stereocenters. The van der Waals surface area contributed by atoms with Gasteiger partial charge in [0.1, 0.15) is 17.6 Å². The zero-order valence-electron chi connectivity index (χ0n) is 17.5. The van der Waals surface area contributed by atoms with Crippen molar-refractivity contribution >= 4 is 28.4 Å². The molecule has 0 unspecified atom stereocenters. The normalized spacial score (nSPS) is 18.0. The van der Waals surface area contributed by atoms with Crippen molar-refractivity contribution < 1.29 is 19.1 Å². The molecule has 1 amide bonds. The molecule has 6 nitrogen and oxygen atoms in total. The zero-order valence-corrected chi connectivity index (χ0v) is 17.5. The minimum Gasteiger partial charge on any atom is -0.507 e. The number of amides is 1. The van der Waals surface area contributed by atoms with Gasteiger partial charge in [0.25, 0.3) is 11.7 Å². The number of benzene rings is 2. The number of aliphatic hydroxyl groups is 1. The number of fused-ring (bicyclic) bond motifs is 1. The third-order valence-electron chi connectivity index (χ3n) is 5.97. The van der Waals surface area contributed by atoms with Gasteiger partial charge in [-0.25, -0.2) is 0 Å². The first kappa shape index (κ1) is 19.9.